The lowest BCUT2D eigenvalue weighted by atomic mass is 10.3. The molecule has 5 heteroatoms. The number of nitrogens with zero attached hydrogens (tertiary/aromatic N) is 1. The average molecular weight is 155 g/mol. The topological polar surface area (TPSA) is 88.1 Å². The third-order valence-electron chi connectivity index (χ3n) is 0.843. The predicted octanol–water partition coefficient (Wildman–Crippen LogP) is -0.580. The molecule has 0 aliphatic carbocycles. The number of nitrogens with two attached hydrogens (primary N) is 1. The van der Waals surface area contributed by atoms with E-state index >= 15 is 0 Å². The Labute approximate surface area is 64.4 Å². The van der Waals surface area contributed by atoms with Crippen LogP contribution in [-0.2, 0) is 9.53 Å². The number of carbonyl (C=O) groups is 1. The monoisotopic (exact) mass is 155 g/mol. The maximum atomic E-state index is 10.8. The number of nitrogens with one attached hydrogen (secondary N) is 1. The number of nitriles is 1. The molecule has 0 aliphatic rings. The Morgan fingerprint density at radius 1 is 1.91 bits per heavy atom. The third kappa shape index (κ3) is 3.23. The molecule has 0 spiro atoms. The van der Waals surface area contributed by atoms with Gasteiger partial charge in [-0.05, 0) is 6.92 Å². The van der Waals surface area contributed by atoms with Crippen molar-refractivity contribution in [2.24, 2.45) is 5.84 Å². The Balaban J connectivity index is 4.18. The zero-order chi connectivity index (χ0) is 8.69. The lowest BCUT2D eigenvalue weighted by Gasteiger charge is -1.97. The summed E-state index contributed by atoms with van der Waals surface area (Å²) in [4.78, 5) is 10.8. The normalized spacial score (nSPS) is 10.1. The van der Waals surface area contributed by atoms with Crippen LogP contribution in [0.2, 0.25) is 0 Å². The molecule has 11 heavy (non-hydrogen) atoms. The van der Waals surface area contributed by atoms with Crippen LogP contribution >= 0.6 is 0 Å². The van der Waals surface area contributed by atoms with Gasteiger partial charge in [-0.3, -0.25) is 5.84 Å². The maximum absolute atomic E-state index is 10.8. The number of esters is 1. The first-order valence-electron chi connectivity index (χ1n) is 2.99. The Morgan fingerprint density at radius 3 is 2.91 bits per heavy atom. The van der Waals surface area contributed by atoms with Crippen LogP contribution < -0.4 is 11.3 Å². The van der Waals surface area contributed by atoms with Crippen molar-refractivity contribution in [1.29, 1.82) is 5.26 Å². The van der Waals surface area contributed by atoms with Crippen molar-refractivity contribution in [3.05, 3.63) is 11.8 Å². The number of hydrogen-bond acceptors (Lipinski definition) is 5. The molecule has 0 aromatic rings. The van der Waals surface area contributed by atoms with Crippen LogP contribution in [0.15, 0.2) is 11.8 Å². The molecule has 60 valence electrons. The highest BCUT2D eigenvalue weighted by Crippen LogP contribution is 1.93. The van der Waals surface area contributed by atoms with Gasteiger partial charge in [-0.25, -0.2) is 4.79 Å². The highest BCUT2D eigenvalue weighted by molar-refractivity contribution is 5.92. The largest absolute Gasteiger partial charge is 0.462 e. The van der Waals surface area contributed by atoms with Crippen LogP contribution in [0.1, 0.15) is 6.92 Å². The summed E-state index contributed by atoms with van der Waals surface area (Å²) >= 11 is 0. The van der Waals surface area contributed by atoms with Gasteiger partial charge in [0.1, 0.15) is 6.07 Å². The second-order valence-electron chi connectivity index (χ2n) is 1.56. The second kappa shape index (κ2) is 5.26. The van der Waals surface area contributed by atoms with Crippen molar-refractivity contribution in [2.45, 2.75) is 6.92 Å². The Hall–Kier alpha value is -1.54. The van der Waals surface area contributed by atoms with Crippen molar-refractivity contribution in [2.75, 3.05) is 6.61 Å². The maximum Gasteiger partial charge on any atom is 0.350 e. The fourth-order valence-electron chi connectivity index (χ4n) is 0.429. The smallest absolute Gasteiger partial charge is 0.350 e. The quantitative estimate of drug-likeness (QED) is 0.187. The zero-order valence-electron chi connectivity index (χ0n) is 6.13. The first kappa shape index (κ1) is 9.46. The highest BCUT2D eigenvalue weighted by Gasteiger charge is 2.07. The summed E-state index contributed by atoms with van der Waals surface area (Å²) in [5, 5.41) is 8.34. The van der Waals surface area contributed by atoms with Crippen LogP contribution in [0.25, 0.3) is 0 Å². The van der Waals surface area contributed by atoms with Crippen molar-refractivity contribution in [3.63, 3.8) is 0 Å². The number of hydrogen-bond donors (Lipinski definition) is 2. The van der Waals surface area contributed by atoms with Crippen LogP contribution in [0.3, 0.4) is 0 Å². The Bertz CT molecular complexity index is 204. The Morgan fingerprint density at radius 2 is 2.55 bits per heavy atom. The van der Waals surface area contributed by atoms with E-state index in [1.807, 2.05) is 0 Å². The molecular weight excluding hydrogens is 146 g/mol. The van der Waals surface area contributed by atoms with Gasteiger partial charge < -0.3 is 10.2 Å². The van der Waals surface area contributed by atoms with Crippen molar-refractivity contribution in [1.82, 2.24) is 5.43 Å². The van der Waals surface area contributed by atoms with Gasteiger partial charge in [0, 0.05) is 6.20 Å². The van der Waals surface area contributed by atoms with Gasteiger partial charge in [-0.1, -0.05) is 0 Å². The number of ether oxygens (including phenoxy) is 1. The molecular formula is C6H9N3O2. The van der Waals surface area contributed by atoms with E-state index < -0.39 is 5.97 Å². The first-order valence-corrected chi connectivity index (χ1v) is 2.99. The van der Waals surface area contributed by atoms with E-state index in [0.29, 0.717) is 0 Å². The molecule has 0 aromatic heterocycles. The minimum absolute atomic E-state index is 0.144. The molecule has 0 saturated heterocycles. The molecule has 3 N–H and O–H groups in total. The molecule has 0 saturated carbocycles. The molecule has 5 nitrogen and oxygen atoms in total. The molecule has 0 atom stereocenters. The third-order valence-corrected chi connectivity index (χ3v) is 0.843. The van der Waals surface area contributed by atoms with E-state index in [1.54, 1.807) is 13.0 Å². The summed E-state index contributed by atoms with van der Waals surface area (Å²) in [5.41, 5.74) is 1.93. The Kier molecular flexibility index (Phi) is 4.52. The lowest BCUT2D eigenvalue weighted by Crippen LogP contribution is -2.17. The van der Waals surface area contributed by atoms with Gasteiger partial charge in [-0.15, -0.1) is 0 Å². The zero-order valence-corrected chi connectivity index (χ0v) is 6.13. The van der Waals surface area contributed by atoms with E-state index in [-0.39, 0.29) is 12.2 Å². The van der Waals surface area contributed by atoms with E-state index in [9.17, 15) is 4.79 Å². The molecule has 0 radical (unpaired) electrons. The summed E-state index contributed by atoms with van der Waals surface area (Å²) in [6.45, 7) is 1.89. The molecule has 0 unspecified atom stereocenters. The van der Waals surface area contributed by atoms with Gasteiger partial charge in [0.25, 0.3) is 0 Å². The SMILES string of the molecule is CCOC(=O)/C(C#N)=C/NN. The summed E-state index contributed by atoms with van der Waals surface area (Å²) in [6, 6.07) is 1.63. The molecule has 0 fully saturated rings. The van der Waals surface area contributed by atoms with E-state index in [2.05, 4.69) is 10.2 Å². The van der Waals surface area contributed by atoms with Gasteiger partial charge in [0.05, 0.1) is 6.61 Å². The molecule has 0 aliphatic heterocycles. The lowest BCUT2D eigenvalue weighted by molar-refractivity contribution is -0.138. The molecule has 0 aromatic carbocycles. The fraction of sp³-hybridized carbons (Fsp3) is 0.333. The highest BCUT2D eigenvalue weighted by atomic mass is 16.5. The average Bonchev–Trinajstić information content (AvgIpc) is 2.00. The van der Waals surface area contributed by atoms with E-state index in [1.165, 1.54) is 0 Å². The van der Waals surface area contributed by atoms with Crippen LogP contribution in [0.5, 0.6) is 0 Å². The molecule has 0 rings (SSSR count). The van der Waals surface area contributed by atoms with Gasteiger partial charge in [-0.2, -0.15) is 5.26 Å². The fourth-order valence-corrected chi connectivity index (χ4v) is 0.429. The minimum Gasteiger partial charge on any atom is -0.462 e. The summed E-state index contributed by atoms with van der Waals surface area (Å²) < 4.78 is 4.52. The molecule has 0 amide bonds. The number of hydrazine groups is 1. The predicted molar refractivity (Wildman–Crippen MR) is 37.7 cm³/mol. The van der Waals surface area contributed by atoms with Gasteiger partial charge in [0.2, 0.25) is 0 Å². The molecule has 0 bridgehead atoms. The van der Waals surface area contributed by atoms with Crippen LogP contribution in [0, 0.1) is 11.3 Å². The van der Waals surface area contributed by atoms with Gasteiger partial charge >= 0.3 is 5.97 Å². The summed E-state index contributed by atoms with van der Waals surface area (Å²) in [5.74, 6) is 4.18. The second-order valence-corrected chi connectivity index (χ2v) is 1.56. The first-order chi connectivity index (χ1) is 5.26. The van der Waals surface area contributed by atoms with Crippen molar-refractivity contribution < 1.29 is 9.53 Å². The number of carbonyl (C=O) groups excluding carboxylic acids is 1. The minimum atomic E-state index is -0.673. The van der Waals surface area contributed by atoms with Gasteiger partial charge in [0.15, 0.2) is 5.57 Å². The van der Waals surface area contributed by atoms with Crippen LogP contribution in [-0.4, -0.2) is 12.6 Å². The molecule has 0 heterocycles. The van der Waals surface area contributed by atoms with Crippen molar-refractivity contribution in [3.8, 4) is 6.07 Å². The summed E-state index contributed by atoms with van der Waals surface area (Å²) in [7, 11) is 0. The number of rotatable bonds is 3. The van der Waals surface area contributed by atoms with E-state index in [4.69, 9.17) is 11.1 Å². The van der Waals surface area contributed by atoms with E-state index in [0.717, 1.165) is 6.20 Å². The van der Waals surface area contributed by atoms with Crippen LogP contribution in [0.4, 0.5) is 0 Å². The standard InChI is InChI=1S/C6H9N3O2/c1-2-11-6(10)5(3-7)4-9-8/h4,9H,2,8H2,1H3/b5-4+. The van der Waals surface area contributed by atoms with Crippen molar-refractivity contribution >= 4 is 5.97 Å². The summed E-state index contributed by atoms with van der Waals surface area (Å²) in [6.07, 6.45) is 1.08.